The molecular weight excluding hydrogens is 284 g/mol. The molecule has 0 aliphatic carbocycles. The maximum absolute atomic E-state index is 6.10. The molecule has 7 heteroatoms. The lowest BCUT2D eigenvalue weighted by Gasteiger charge is -2.05. The Bertz CT molecular complexity index is 662. The number of rotatable bonds is 4. The van der Waals surface area contributed by atoms with Gasteiger partial charge in [0, 0.05) is 0 Å². The van der Waals surface area contributed by atoms with E-state index in [9.17, 15) is 0 Å². The highest BCUT2D eigenvalue weighted by Gasteiger charge is 2.02. The van der Waals surface area contributed by atoms with Crippen LogP contribution in [0.2, 0.25) is 5.02 Å². The largest absolute Gasteiger partial charge is 0.492 e. The van der Waals surface area contributed by atoms with Crippen LogP contribution in [0.1, 0.15) is 18.3 Å². The minimum absolute atomic E-state index is 0.450. The summed E-state index contributed by atoms with van der Waals surface area (Å²) in [7, 11) is 0. The van der Waals surface area contributed by atoms with Gasteiger partial charge in [0.2, 0.25) is 4.77 Å². The summed E-state index contributed by atoms with van der Waals surface area (Å²) in [4.78, 5) is 0. The van der Waals surface area contributed by atoms with Gasteiger partial charge in [-0.2, -0.15) is 14.9 Å². The van der Waals surface area contributed by atoms with Crippen molar-refractivity contribution in [1.29, 1.82) is 0 Å². The van der Waals surface area contributed by atoms with Crippen molar-refractivity contribution in [3.63, 3.8) is 0 Å². The van der Waals surface area contributed by atoms with Crippen LogP contribution in [-0.2, 0) is 0 Å². The van der Waals surface area contributed by atoms with Crippen LogP contribution < -0.4 is 4.74 Å². The van der Waals surface area contributed by atoms with E-state index in [-0.39, 0.29) is 0 Å². The van der Waals surface area contributed by atoms with Crippen molar-refractivity contribution >= 4 is 30.0 Å². The van der Waals surface area contributed by atoms with Gasteiger partial charge < -0.3 is 4.74 Å². The van der Waals surface area contributed by atoms with Gasteiger partial charge in [0.1, 0.15) is 11.6 Å². The highest BCUT2D eigenvalue weighted by molar-refractivity contribution is 7.71. The second-order valence-corrected chi connectivity index (χ2v) is 4.55. The molecular formula is C12H13ClN4OS. The number of H-pyrrole nitrogens is 1. The zero-order valence-electron chi connectivity index (χ0n) is 10.6. The van der Waals surface area contributed by atoms with Crippen LogP contribution in [0.3, 0.4) is 0 Å². The van der Waals surface area contributed by atoms with Gasteiger partial charge in [0.15, 0.2) is 0 Å². The summed E-state index contributed by atoms with van der Waals surface area (Å²) >= 11 is 11.2. The summed E-state index contributed by atoms with van der Waals surface area (Å²) < 4.78 is 7.36. The van der Waals surface area contributed by atoms with E-state index in [4.69, 9.17) is 28.6 Å². The fourth-order valence-electron chi connectivity index (χ4n) is 1.50. The van der Waals surface area contributed by atoms with Gasteiger partial charge in [0.25, 0.3) is 0 Å². The first-order valence-electron chi connectivity index (χ1n) is 5.72. The van der Waals surface area contributed by atoms with Gasteiger partial charge in [-0.05, 0) is 49.8 Å². The lowest BCUT2D eigenvalue weighted by atomic mass is 10.2. The normalized spacial score (nSPS) is 11.1. The van der Waals surface area contributed by atoms with Crippen LogP contribution in [0.25, 0.3) is 0 Å². The first-order valence-corrected chi connectivity index (χ1v) is 6.51. The van der Waals surface area contributed by atoms with Gasteiger partial charge in [-0.25, -0.2) is 0 Å². The van der Waals surface area contributed by atoms with E-state index in [2.05, 4.69) is 15.3 Å². The zero-order valence-corrected chi connectivity index (χ0v) is 12.1. The van der Waals surface area contributed by atoms with Crippen molar-refractivity contribution in [1.82, 2.24) is 14.9 Å². The quantitative estimate of drug-likeness (QED) is 0.696. The monoisotopic (exact) mass is 296 g/mol. The topological polar surface area (TPSA) is 55.2 Å². The average Bonchev–Trinajstić information content (AvgIpc) is 2.70. The third kappa shape index (κ3) is 3.21. The Hall–Kier alpha value is -1.66. The summed E-state index contributed by atoms with van der Waals surface area (Å²) in [5, 5.41) is 11.4. The molecule has 1 N–H and O–H groups in total. The molecule has 0 amide bonds. The molecule has 0 atom stereocenters. The SMILES string of the molecule is CCOc1ccc(/C=N\n2c(C)n[nH]c2=S)cc1Cl. The van der Waals surface area contributed by atoms with Crippen molar-refractivity contribution in [2.24, 2.45) is 5.10 Å². The molecule has 0 saturated carbocycles. The fraction of sp³-hybridized carbons (Fsp3) is 0.250. The molecule has 0 saturated heterocycles. The van der Waals surface area contributed by atoms with Gasteiger partial charge in [-0.1, -0.05) is 11.6 Å². The first-order chi connectivity index (χ1) is 9.11. The predicted octanol–water partition coefficient (Wildman–Crippen LogP) is 3.18. The number of ether oxygens (including phenoxy) is 1. The minimum Gasteiger partial charge on any atom is -0.492 e. The molecule has 1 aromatic carbocycles. The Kier molecular flexibility index (Phi) is 4.34. The van der Waals surface area contributed by atoms with Crippen LogP contribution in [0.15, 0.2) is 23.3 Å². The molecule has 0 aliphatic rings. The number of nitrogens with zero attached hydrogens (tertiary/aromatic N) is 3. The second kappa shape index (κ2) is 5.99. The Labute approximate surface area is 120 Å². The predicted molar refractivity (Wildman–Crippen MR) is 77.8 cm³/mol. The van der Waals surface area contributed by atoms with Crippen LogP contribution in [0.4, 0.5) is 0 Å². The van der Waals surface area contributed by atoms with Gasteiger partial charge in [-0.3, -0.25) is 5.10 Å². The Morgan fingerprint density at radius 2 is 2.37 bits per heavy atom. The van der Waals surface area contributed by atoms with Crippen LogP contribution in [0.5, 0.6) is 5.75 Å². The molecule has 2 rings (SSSR count). The number of aromatic amines is 1. The lowest BCUT2D eigenvalue weighted by Crippen LogP contribution is -1.95. The molecule has 100 valence electrons. The van der Waals surface area contributed by atoms with Crippen LogP contribution in [0, 0.1) is 11.7 Å². The van der Waals surface area contributed by atoms with E-state index in [0.29, 0.717) is 28.0 Å². The summed E-state index contributed by atoms with van der Waals surface area (Å²) in [5.41, 5.74) is 0.857. The number of hydrogen-bond donors (Lipinski definition) is 1. The summed E-state index contributed by atoms with van der Waals surface area (Å²) in [5.74, 6) is 1.36. The fourth-order valence-corrected chi connectivity index (χ4v) is 1.97. The Morgan fingerprint density at radius 1 is 1.58 bits per heavy atom. The van der Waals surface area contributed by atoms with E-state index in [1.807, 2.05) is 26.0 Å². The lowest BCUT2D eigenvalue weighted by molar-refractivity contribution is 0.340. The molecule has 0 aliphatic heterocycles. The van der Waals surface area contributed by atoms with E-state index in [1.165, 1.54) is 0 Å². The van der Waals surface area contributed by atoms with E-state index < -0.39 is 0 Å². The number of hydrogen-bond acceptors (Lipinski definition) is 4. The second-order valence-electron chi connectivity index (χ2n) is 3.76. The molecule has 5 nitrogen and oxygen atoms in total. The number of halogens is 1. The third-order valence-corrected chi connectivity index (χ3v) is 2.95. The average molecular weight is 297 g/mol. The first kappa shape index (κ1) is 13.8. The smallest absolute Gasteiger partial charge is 0.216 e. The summed E-state index contributed by atoms with van der Waals surface area (Å²) in [6.45, 7) is 4.31. The van der Waals surface area contributed by atoms with E-state index in [0.717, 1.165) is 5.56 Å². The van der Waals surface area contributed by atoms with Crippen molar-refractivity contribution in [2.45, 2.75) is 13.8 Å². The standard InChI is InChI=1S/C12H13ClN4OS/c1-3-18-11-5-4-9(6-10(11)13)7-14-17-8(2)15-16-12(17)19/h4-7H,3H2,1-2H3,(H,16,19)/b14-7-. The molecule has 1 aromatic heterocycles. The summed E-state index contributed by atoms with van der Waals surface area (Å²) in [6.07, 6.45) is 1.67. The molecule has 1 heterocycles. The maximum Gasteiger partial charge on any atom is 0.216 e. The highest BCUT2D eigenvalue weighted by Crippen LogP contribution is 2.24. The maximum atomic E-state index is 6.10. The van der Waals surface area contributed by atoms with Crippen molar-refractivity contribution in [3.05, 3.63) is 39.4 Å². The minimum atomic E-state index is 0.450. The molecule has 0 radical (unpaired) electrons. The highest BCUT2D eigenvalue weighted by atomic mass is 35.5. The van der Waals surface area contributed by atoms with Crippen LogP contribution >= 0.6 is 23.8 Å². The molecule has 2 aromatic rings. The number of nitrogens with one attached hydrogen (secondary N) is 1. The molecule has 0 unspecified atom stereocenters. The van der Waals surface area contributed by atoms with Crippen LogP contribution in [-0.4, -0.2) is 27.7 Å². The number of benzene rings is 1. The van der Waals surface area contributed by atoms with E-state index >= 15 is 0 Å². The molecule has 0 fully saturated rings. The summed E-state index contributed by atoms with van der Waals surface area (Å²) in [6, 6.07) is 5.48. The number of aryl methyl sites for hydroxylation is 1. The van der Waals surface area contributed by atoms with E-state index in [1.54, 1.807) is 17.0 Å². The Morgan fingerprint density at radius 3 is 2.95 bits per heavy atom. The van der Waals surface area contributed by atoms with Gasteiger partial charge in [0.05, 0.1) is 17.8 Å². The van der Waals surface area contributed by atoms with Gasteiger partial charge >= 0.3 is 0 Å². The van der Waals surface area contributed by atoms with Gasteiger partial charge in [-0.15, -0.1) is 0 Å². The Balaban J connectivity index is 2.25. The molecule has 19 heavy (non-hydrogen) atoms. The molecule has 0 bridgehead atoms. The van der Waals surface area contributed by atoms with Crippen molar-refractivity contribution < 1.29 is 4.74 Å². The zero-order chi connectivity index (χ0) is 13.8. The molecule has 0 spiro atoms. The third-order valence-electron chi connectivity index (χ3n) is 2.39. The van der Waals surface area contributed by atoms with Crippen molar-refractivity contribution in [3.8, 4) is 5.75 Å². The van der Waals surface area contributed by atoms with Crippen molar-refractivity contribution in [2.75, 3.05) is 6.61 Å². The number of aromatic nitrogens is 3.